The van der Waals surface area contributed by atoms with Crippen molar-refractivity contribution in [1.29, 1.82) is 0 Å². The Hall–Kier alpha value is -2.79. The number of unbranched alkanes of at least 4 members (excludes halogenated alkanes) is 4. The highest BCUT2D eigenvalue weighted by molar-refractivity contribution is 8.22. The Labute approximate surface area is 403 Å². The molecule has 10 heteroatoms. The first-order valence-corrected chi connectivity index (χ1v) is 28.3. The molecule has 2 aliphatic rings. The smallest absolute Gasteiger partial charge is 0.239 e. The van der Waals surface area contributed by atoms with Crippen LogP contribution in [-0.4, -0.2) is 60.9 Å². The van der Waals surface area contributed by atoms with Gasteiger partial charge in [-0.25, -0.2) is 4.58 Å². The van der Waals surface area contributed by atoms with Gasteiger partial charge in [-0.05, 0) is 92.5 Å². The third kappa shape index (κ3) is 13.2. The second-order valence-corrected chi connectivity index (χ2v) is 22.4. The summed E-state index contributed by atoms with van der Waals surface area (Å²) in [6, 6.07) is 8.37. The fraction of sp³-hybridized carbons (Fsp3) is 0.630. The number of methoxy groups -OCH3 is 2. The number of thioether (sulfide) groups is 1. The van der Waals surface area contributed by atoms with Crippen molar-refractivity contribution in [1.82, 2.24) is 0 Å². The lowest BCUT2D eigenvalue weighted by Crippen LogP contribution is -2.33. The third-order valence-corrected chi connectivity index (χ3v) is 18.5. The zero-order chi connectivity index (χ0) is 46.2. The number of anilines is 1. The number of hydrogen-bond acceptors (Lipinski definition) is 9. The number of carbonyl (C=O) groups excluding carboxylic acids is 1. The molecule has 4 atom stereocenters. The summed E-state index contributed by atoms with van der Waals surface area (Å²) in [6.45, 7) is 22.9. The van der Waals surface area contributed by atoms with E-state index in [1.54, 1.807) is 14.2 Å². The normalized spacial score (nSPS) is 17.5. The van der Waals surface area contributed by atoms with E-state index in [9.17, 15) is 9.90 Å². The van der Waals surface area contributed by atoms with Crippen LogP contribution in [0.25, 0.3) is 25.8 Å². The SMILES string of the molecule is CCCCC(CC)CN(CC(CC)CCCC)c1ccc(-c2sc(C3=C(O)/C(=c4\cc(OC)/c(=C5/C=CC(=[N+](CC(CC)CCCC)CC(CC)CCCC)S5)s4)C3=O)cc2OC)s1. The molecular weight excluding hydrogens is 869 g/mol. The number of aliphatic hydroxyl groups excluding tert-OH is 1. The number of thiophene rings is 3. The van der Waals surface area contributed by atoms with Gasteiger partial charge in [0.25, 0.3) is 0 Å². The van der Waals surface area contributed by atoms with E-state index in [1.165, 1.54) is 135 Å². The summed E-state index contributed by atoms with van der Waals surface area (Å²) in [6.07, 6.45) is 24.4. The Morgan fingerprint density at radius 2 is 1.19 bits per heavy atom. The van der Waals surface area contributed by atoms with E-state index >= 15 is 0 Å². The van der Waals surface area contributed by atoms with Crippen LogP contribution in [-0.2, 0) is 4.79 Å². The molecule has 0 bridgehead atoms. The first-order chi connectivity index (χ1) is 31.1. The Kier molecular flexibility index (Phi) is 21.6. The van der Waals surface area contributed by atoms with Crippen LogP contribution < -0.4 is 23.4 Å². The van der Waals surface area contributed by atoms with E-state index in [0.29, 0.717) is 34.8 Å². The van der Waals surface area contributed by atoms with Gasteiger partial charge in [-0.2, -0.15) is 0 Å². The average Bonchev–Trinajstić information content (AvgIpc) is 4.15. The highest BCUT2D eigenvalue weighted by Crippen LogP contribution is 2.49. The van der Waals surface area contributed by atoms with E-state index in [0.717, 1.165) is 66.3 Å². The molecule has 0 fully saturated rings. The predicted molar refractivity (Wildman–Crippen MR) is 283 cm³/mol. The van der Waals surface area contributed by atoms with Crippen LogP contribution in [0.3, 0.4) is 0 Å². The van der Waals surface area contributed by atoms with E-state index in [1.807, 2.05) is 35.2 Å². The highest BCUT2D eigenvalue weighted by Gasteiger charge is 2.38. The van der Waals surface area contributed by atoms with Gasteiger partial charge in [0.15, 0.2) is 0 Å². The fourth-order valence-electron chi connectivity index (χ4n) is 9.17. The standard InChI is InChI=1S/C54H80N2O4S4/c1-11-19-23-37(15-5)33-55(34-38(16-6)24-20-12-2)47-29-27-43(61-47)53-41(59-9)31-45(63-53)49-51(57)50(52(49)58)46-32-42(60-10)54(64-46)44-28-30-48(62-44)56(35-39(17-7)25-21-13-3)36-40(18-8)26-22-14-4/h27-32,37-40H,11-26,33-36H2,1-10H3/p+1. The number of nitrogens with zero attached hydrogens (tertiary/aromatic N) is 2. The number of ether oxygens (including phenoxy) is 2. The molecule has 1 aliphatic carbocycles. The molecule has 1 aliphatic heterocycles. The molecule has 5 rings (SSSR count). The lowest BCUT2D eigenvalue weighted by Gasteiger charge is -2.31. The summed E-state index contributed by atoms with van der Waals surface area (Å²) in [5, 5.41) is 14.3. The molecule has 354 valence electrons. The topological polar surface area (TPSA) is 62.0 Å². The largest absolute Gasteiger partial charge is 0.506 e. The summed E-state index contributed by atoms with van der Waals surface area (Å²) < 4.78 is 16.3. The van der Waals surface area contributed by atoms with Crippen molar-refractivity contribution in [2.45, 2.75) is 158 Å². The van der Waals surface area contributed by atoms with Crippen LogP contribution in [0.1, 0.15) is 163 Å². The molecule has 0 aromatic carbocycles. The summed E-state index contributed by atoms with van der Waals surface area (Å²) in [5.41, 5.74) is 0.743. The fourth-order valence-corrected chi connectivity index (χ4v) is 13.8. The maximum atomic E-state index is 14.1. The minimum absolute atomic E-state index is 0.0535. The summed E-state index contributed by atoms with van der Waals surface area (Å²) in [7, 11) is 3.39. The van der Waals surface area contributed by atoms with Gasteiger partial charge in [-0.15, -0.1) is 34.0 Å². The first-order valence-electron chi connectivity index (χ1n) is 25.0. The molecule has 64 heavy (non-hydrogen) atoms. The first kappa shape index (κ1) is 52.2. The maximum Gasteiger partial charge on any atom is 0.239 e. The number of rotatable bonds is 29. The Morgan fingerprint density at radius 3 is 1.69 bits per heavy atom. The minimum Gasteiger partial charge on any atom is -0.506 e. The second kappa shape index (κ2) is 26.5. The lowest BCUT2D eigenvalue weighted by atomic mass is 9.87. The third-order valence-electron chi connectivity index (χ3n) is 13.6. The number of allylic oxidation sites excluding steroid dienone is 2. The summed E-state index contributed by atoms with van der Waals surface area (Å²) in [5.74, 6) is 4.08. The number of Topliss-reactive ketones (excluding diaryl/α,β-unsaturated/α-hetero) is 1. The molecule has 4 heterocycles. The molecular formula is C54H81N2O4S4+. The van der Waals surface area contributed by atoms with Crippen molar-refractivity contribution in [2.75, 3.05) is 45.3 Å². The molecule has 3 aromatic heterocycles. The van der Waals surface area contributed by atoms with Gasteiger partial charge in [0, 0.05) is 45.3 Å². The van der Waals surface area contributed by atoms with Crippen molar-refractivity contribution in [3.05, 3.63) is 56.1 Å². The average molecular weight is 951 g/mol. The van der Waals surface area contributed by atoms with Gasteiger partial charge in [0.2, 0.25) is 10.8 Å². The van der Waals surface area contributed by atoms with Crippen LogP contribution >= 0.6 is 45.8 Å². The summed E-state index contributed by atoms with van der Waals surface area (Å²) in [4.78, 5) is 20.8. The van der Waals surface area contributed by atoms with Gasteiger partial charge in [0.1, 0.15) is 30.3 Å². The number of ketones is 1. The molecule has 0 amide bonds. The van der Waals surface area contributed by atoms with Crippen LogP contribution in [0.2, 0.25) is 0 Å². The predicted octanol–water partition coefficient (Wildman–Crippen LogP) is 14.8. The van der Waals surface area contributed by atoms with E-state index < -0.39 is 0 Å². The molecule has 0 saturated carbocycles. The quantitative estimate of drug-likeness (QED) is 0.0700. The van der Waals surface area contributed by atoms with Gasteiger partial charge in [0.05, 0.1) is 44.7 Å². The number of aliphatic hydroxyl groups is 1. The van der Waals surface area contributed by atoms with Gasteiger partial charge in [-0.3, -0.25) is 4.79 Å². The van der Waals surface area contributed by atoms with Crippen molar-refractivity contribution in [3.8, 4) is 21.3 Å². The van der Waals surface area contributed by atoms with Gasteiger partial charge < -0.3 is 19.5 Å². The zero-order valence-electron chi connectivity index (χ0n) is 41.1. The number of hydrogen-bond donors (Lipinski definition) is 1. The molecule has 0 saturated heterocycles. The van der Waals surface area contributed by atoms with Crippen LogP contribution in [0.5, 0.6) is 11.5 Å². The molecule has 1 N–H and O–H groups in total. The van der Waals surface area contributed by atoms with Crippen molar-refractivity contribution >= 4 is 77.7 Å². The van der Waals surface area contributed by atoms with E-state index in [-0.39, 0.29) is 11.5 Å². The van der Waals surface area contributed by atoms with Crippen LogP contribution in [0.4, 0.5) is 5.00 Å². The second-order valence-electron chi connectivity index (χ2n) is 18.2. The van der Waals surface area contributed by atoms with E-state index in [2.05, 4.69) is 89.2 Å². The molecule has 4 unspecified atom stereocenters. The van der Waals surface area contributed by atoms with Crippen LogP contribution in [0, 0.1) is 23.7 Å². The molecule has 0 radical (unpaired) electrons. The zero-order valence-corrected chi connectivity index (χ0v) is 44.4. The number of carbonyl (C=O) groups is 1. The van der Waals surface area contributed by atoms with Crippen molar-refractivity contribution in [2.24, 2.45) is 23.7 Å². The minimum atomic E-state index is -0.134. The maximum absolute atomic E-state index is 14.1. The van der Waals surface area contributed by atoms with Crippen molar-refractivity contribution in [3.63, 3.8) is 0 Å². The van der Waals surface area contributed by atoms with Crippen LogP contribution in [0.15, 0.2) is 42.2 Å². The molecule has 3 aromatic rings. The Balaban J connectivity index is 1.46. The Bertz CT molecular complexity index is 2130. The lowest BCUT2D eigenvalue weighted by molar-refractivity contribution is -0.539. The molecule has 6 nitrogen and oxygen atoms in total. The monoisotopic (exact) mass is 950 g/mol. The van der Waals surface area contributed by atoms with Crippen molar-refractivity contribution < 1.29 is 24.0 Å². The van der Waals surface area contributed by atoms with E-state index in [4.69, 9.17) is 9.47 Å². The molecule has 0 spiro atoms. The summed E-state index contributed by atoms with van der Waals surface area (Å²) >= 11 is 6.71. The highest BCUT2D eigenvalue weighted by atomic mass is 32.2. The Morgan fingerprint density at radius 1 is 0.641 bits per heavy atom. The van der Waals surface area contributed by atoms with Gasteiger partial charge >= 0.3 is 0 Å². The van der Waals surface area contributed by atoms with Gasteiger partial charge in [-0.1, -0.05) is 120 Å².